The quantitative estimate of drug-likeness (QED) is 0.468. The maximum absolute atomic E-state index is 12.5. The van der Waals surface area contributed by atoms with Crippen LogP contribution in [0.2, 0.25) is 5.15 Å². The highest BCUT2D eigenvalue weighted by Crippen LogP contribution is 2.32. The molecule has 2 heterocycles. The molecular weight excluding hydrogens is 404 g/mol. The summed E-state index contributed by atoms with van der Waals surface area (Å²) in [6.45, 7) is 4.72. The van der Waals surface area contributed by atoms with Gasteiger partial charge in [0.25, 0.3) is 5.91 Å². The number of hydrogen-bond acceptors (Lipinski definition) is 4. The van der Waals surface area contributed by atoms with Gasteiger partial charge in [0.05, 0.1) is 28.9 Å². The molecule has 0 aliphatic heterocycles. The molecule has 2 aromatic heterocycles. The molecule has 29 heavy (non-hydrogen) atoms. The van der Waals surface area contributed by atoms with E-state index in [0.29, 0.717) is 28.1 Å². The van der Waals surface area contributed by atoms with Crippen molar-refractivity contribution in [3.63, 3.8) is 0 Å². The molecular formula is C22H23ClN4OS. The van der Waals surface area contributed by atoms with Gasteiger partial charge >= 0.3 is 0 Å². The second-order valence-corrected chi connectivity index (χ2v) is 9.03. The van der Waals surface area contributed by atoms with E-state index in [1.165, 1.54) is 16.9 Å². The van der Waals surface area contributed by atoms with Crippen LogP contribution in [0.5, 0.6) is 0 Å². The second-order valence-electron chi connectivity index (χ2n) is 7.54. The first kappa shape index (κ1) is 19.9. The van der Waals surface area contributed by atoms with Gasteiger partial charge in [0.2, 0.25) is 0 Å². The van der Waals surface area contributed by atoms with Gasteiger partial charge < -0.3 is 0 Å². The van der Waals surface area contributed by atoms with E-state index in [-0.39, 0.29) is 5.91 Å². The summed E-state index contributed by atoms with van der Waals surface area (Å²) in [5, 5.41) is 9.13. The molecule has 1 N–H and O–H groups in total. The summed E-state index contributed by atoms with van der Waals surface area (Å²) in [7, 11) is 0. The minimum absolute atomic E-state index is 0.182. The van der Waals surface area contributed by atoms with E-state index in [9.17, 15) is 4.79 Å². The SMILES string of the molecule is Cc1nn(Cc2ccccc2)c(Cl)c1/C=N\NC(=O)c1cc2c(s1)CC[C@H](C)C2. The number of halogens is 1. The monoisotopic (exact) mass is 426 g/mol. The maximum Gasteiger partial charge on any atom is 0.281 e. The zero-order valence-electron chi connectivity index (χ0n) is 16.5. The number of nitrogens with zero attached hydrogens (tertiary/aromatic N) is 3. The number of rotatable bonds is 5. The Morgan fingerprint density at radius 1 is 1.41 bits per heavy atom. The second kappa shape index (κ2) is 8.51. The number of hydrogen-bond donors (Lipinski definition) is 1. The smallest absolute Gasteiger partial charge is 0.266 e. The summed E-state index contributed by atoms with van der Waals surface area (Å²) >= 11 is 8.07. The summed E-state index contributed by atoms with van der Waals surface area (Å²) in [6.07, 6.45) is 4.88. The molecule has 0 unspecified atom stereocenters. The first-order chi connectivity index (χ1) is 14.0. The Morgan fingerprint density at radius 3 is 3.00 bits per heavy atom. The van der Waals surface area contributed by atoms with Crippen LogP contribution in [0, 0.1) is 12.8 Å². The van der Waals surface area contributed by atoms with Gasteiger partial charge in [0.1, 0.15) is 5.15 Å². The summed E-state index contributed by atoms with van der Waals surface area (Å²) in [5.74, 6) is 0.502. The van der Waals surface area contributed by atoms with Crippen molar-refractivity contribution in [3.8, 4) is 0 Å². The predicted molar refractivity (Wildman–Crippen MR) is 118 cm³/mol. The third-order valence-electron chi connectivity index (χ3n) is 5.20. The molecule has 1 aliphatic carbocycles. The zero-order valence-corrected chi connectivity index (χ0v) is 18.1. The van der Waals surface area contributed by atoms with Crippen LogP contribution in [0.4, 0.5) is 0 Å². The van der Waals surface area contributed by atoms with Gasteiger partial charge in [0.15, 0.2) is 0 Å². The number of carbonyl (C=O) groups is 1. The van der Waals surface area contributed by atoms with Crippen LogP contribution in [0.1, 0.15) is 50.3 Å². The largest absolute Gasteiger partial charge is 0.281 e. The summed E-state index contributed by atoms with van der Waals surface area (Å²) < 4.78 is 1.74. The molecule has 1 aliphatic rings. The van der Waals surface area contributed by atoms with Crippen LogP contribution in [0.3, 0.4) is 0 Å². The number of hydrazone groups is 1. The van der Waals surface area contributed by atoms with Gasteiger partial charge in [-0.15, -0.1) is 11.3 Å². The summed E-state index contributed by atoms with van der Waals surface area (Å²) in [5.41, 5.74) is 6.53. The van der Waals surface area contributed by atoms with E-state index in [1.807, 2.05) is 43.3 Å². The van der Waals surface area contributed by atoms with Gasteiger partial charge in [-0.25, -0.2) is 10.1 Å². The Kier molecular flexibility index (Phi) is 5.83. The van der Waals surface area contributed by atoms with Crippen LogP contribution in [-0.4, -0.2) is 21.9 Å². The number of carbonyl (C=O) groups excluding carboxylic acids is 1. The van der Waals surface area contributed by atoms with Crippen molar-refractivity contribution >= 4 is 35.1 Å². The molecule has 0 saturated heterocycles. The molecule has 1 amide bonds. The minimum Gasteiger partial charge on any atom is -0.266 e. The number of fused-ring (bicyclic) bond motifs is 1. The minimum atomic E-state index is -0.182. The van der Waals surface area contributed by atoms with Crippen LogP contribution < -0.4 is 5.43 Å². The predicted octanol–water partition coefficient (Wildman–Crippen LogP) is 4.84. The number of nitrogens with one attached hydrogen (secondary N) is 1. The third-order valence-corrected chi connectivity index (χ3v) is 6.83. The molecule has 1 atom stereocenters. The molecule has 3 aromatic rings. The number of amides is 1. The average Bonchev–Trinajstić information content (AvgIpc) is 3.24. The Labute approximate surface area is 179 Å². The lowest BCUT2D eigenvalue weighted by Gasteiger charge is -2.16. The van der Waals surface area contributed by atoms with E-state index >= 15 is 0 Å². The molecule has 0 fully saturated rings. The van der Waals surface area contributed by atoms with Crippen molar-refractivity contribution in [1.29, 1.82) is 0 Å². The van der Waals surface area contributed by atoms with Crippen molar-refractivity contribution in [3.05, 3.63) is 73.7 Å². The van der Waals surface area contributed by atoms with Gasteiger partial charge in [-0.1, -0.05) is 48.9 Å². The fourth-order valence-corrected chi connectivity index (χ4v) is 4.98. The molecule has 7 heteroatoms. The molecule has 0 spiro atoms. The lowest BCUT2D eigenvalue weighted by atomic mass is 9.90. The first-order valence-electron chi connectivity index (χ1n) is 9.73. The Hall–Kier alpha value is -2.44. The number of aryl methyl sites for hydroxylation is 2. The molecule has 1 aromatic carbocycles. The number of benzene rings is 1. The molecule has 0 bridgehead atoms. The Balaban J connectivity index is 1.44. The van der Waals surface area contributed by atoms with Crippen molar-refractivity contribution in [1.82, 2.24) is 15.2 Å². The van der Waals surface area contributed by atoms with Gasteiger partial charge in [0, 0.05) is 4.88 Å². The Bertz CT molecular complexity index is 1050. The van der Waals surface area contributed by atoms with E-state index < -0.39 is 0 Å². The van der Waals surface area contributed by atoms with Crippen LogP contribution in [0.15, 0.2) is 41.5 Å². The summed E-state index contributed by atoms with van der Waals surface area (Å²) in [6, 6.07) is 12.0. The average molecular weight is 427 g/mol. The van der Waals surface area contributed by atoms with Crippen LogP contribution >= 0.6 is 22.9 Å². The van der Waals surface area contributed by atoms with E-state index in [2.05, 4.69) is 22.5 Å². The highest BCUT2D eigenvalue weighted by molar-refractivity contribution is 7.14. The van der Waals surface area contributed by atoms with Crippen molar-refractivity contribution in [2.24, 2.45) is 11.0 Å². The normalized spacial score (nSPS) is 16.2. The topological polar surface area (TPSA) is 59.3 Å². The van der Waals surface area contributed by atoms with E-state index in [4.69, 9.17) is 11.6 Å². The van der Waals surface area contributed by atoms with Gasteiger partial charge in [-0.3, -0.25) is 4.79 Å². The fraction of sp³-hybridized carbons (Fsp3) is 0.318. The molecule has 5 nitrogen and oxygen atoms in total. The lowest BCUT2D eigenvalue weighted by Crippen LogP contribution is -2.16. The van der Waals surface area contributed by atoms with E-state index in [1.54, 1.807) is 22.2 Å². The summed E-state index contributed by atoms with van der Waals surface area (Å²) in [4.78, 5) is 14.5. The Morgan fingerprint density at radius 2 is 2.21 bits per heavy atom. The molecule has 0 saturated carbocycles. The lowest BCUT2D eigenvalue weighted by molar-refractivity contribution is 0.0959. The van der Waals surface area contributed by atoms with Gasteiger partial charge in [-0.05, 0) is 49.3 Å². The number of aromatic nitrogens is 2. The highest BCUT2D eigenvalue weighted by Gasteiger charge is 2.20. The molecule has 150 valence electrons. The number of thiophene rings is 1. The standard InChI is InChI=1S/C22H23ClN4OS/c1-14-8-9-19-17(10-14)11-20(29-19)22(28)25-24-12-18-15(2)26-27(21(18)23)13-16-6-4-3-5-7-16/h3-7,11-12,14H,8-10,13H2,1-2H3,(H,25,28)/b24-12-/t14-/m0/s1. The van der Waals surface area contributed by atoms with Crippen molar-refractivity contribution in [2.45, 2.75) is 39.7 Å². The zero-order chi connectivity index (χ0) is 20.4. The first-order valence-corrected chi connectivity index (χ1v) is 10.9. The molecule has 4 rings (SSSR count). The maximum atomic E-state index is 12.5. The van der Waals surface area contributed by atoms with Crippen LogP contribution in [0.25, 0.3) is 0 Å². The van der Waals surface area contributed by atoms with Crippen molar-refractivity contribution in [2.75, 3.05) is 0 Å². The third kappa shape index (κ3) is 4.43. The van der Waals surface area contributed by atoms with E-state index in [0.717, 1.165) is 24.1 Å². The highest BCUT2D eigenvalue weighted by atomic mass is 35.5. The fourth-order valence-electron chi connectivity index (χ4n) is 3.60. The molecule has 0 radical (unpaired) electrons. The van der Waals surface area contributed by atoms with Gasteiger partial charge in [-0.2, -0.15) is 10.2 Å². The van der Waals surface area contributed by atoms with Crippen LogP contribution in [-0.2, 0) is 19.4 Å². The van der Waals surface area contributed by atoms with Crippen molar-refractivity contribution < 1.29 is 4.79 Å².